The first-order valence-corrected chi connectivity index (χ1v) is 20.9. The first-order chi connectivity index (χ1) is 30.2. The van der Waals surface area contributed by atoms with Crippen LogP contribution >= 0.6 is 0 Å². The van der Waals surface area contributed by atoms with E-state index in [2.05, 4.69) is 237 Å². The molecule has 0 bridgehead atoms. The molecule has 2 heteroatoms. The molecular weight excluding hydrogens is 737 g/mol. The lowest BCUT2D eigenvalue weighted by atomic mass is 9.67. The maximum absolute atomic E-state index is 5.26. The molecular formula is C59H40N2. The van der Waals surface area contributed by atoms with Crippen molar-refractivity contribution in [2.75, 3.05) is 0 Å². The van der Waals surface area contributed by atoms with Gasteiger partial charge in [0.25, 0.3) is 0 Å². The molecule has 1 heterocycles. The molecule has 9 aromatic carbocycles. The fourth-order valence-electron chi connectivity index (χ4n) is 9.29. The minimum absolute atomic E-state index is 0.451. The molecule has 1 aliphatic carbocycles. The first kappa shape index (κ1) is 36.2. The number of benzene rings is 9. The molecule has 1 aromatic heterocycles. The van der Waals surface area contributed by atoms with Crippen LogP contribution in [0.25, 0.3) is 78.4 Å². The highest BCUT2D eigenvalue weighted by atomic mass is 14.9. The zero-order valence-corrected chi connectivity index (χ0v) is 33.5. The van der Waals surface area contributed by atoms with Crippen LogP contribution in [-0.2, 0) is 5.41 Å². The van der Waals surface area contributed by atoms with Crippen LogP contribution in [0.5, 0.6) is 0 Å². The van der Waals surface area contributed by atoms with Crippen LogP contribution in [0.2, 0.25) is 0 Å². The third-order valence-electron chi connectivity index (χ3n) is 12.2. The molecule has 11 rings (SSSR count). The Hall–Kier alpha value is -7.94. The summed E-state index contributed by atoms with van der Waals surface area (Å²) in [6.45, 7) is 0. The molecule has 0 spiro atoms. The van der Waals surface area contributed by atoms with Gasteiger partial charge in [-0.05, 0) is 91.0 Å². The van der Waals surface area contributed by atoms with E-state index in [1.165, 1.54) is 44.5 Å². The van der Waals surface area contributed by atoms with Crippen LogP contribution in [0.1, 0.15) is 22.3 Å². The fourth-order valence-corrected chi connectivity index (χ4v) is 9.29. The summed E-state index contributed by atoms with van der Waals surface area (Å²) >= 11 is 0. The van der Waals surface area contributed by atoms with Gasteiger partial charge >= 0.3 is 0 Å². The van der Waals surface area contributed by atoms with Gasteiger partial charge < -0.3 is 0 Å². The van der Waals surface area contributed by atoms with Gasteiger partial charge in [-0.2, -0.15) is 0 Å². The molecule has 0 aliphatic heterocycles. The Bertz CT molecular complexity index is 3020. The number of aromatic nitrogens is 2. The van der Waals surface area contributed by atoms with Gasteiger partial charge in [0.2, 0.25) is 0 Å². The van der Waals surface area contributed by atoms with E-state index < -0.39 is 5.41 Å². The smallest absolute Gasteiger partial charge is 0.160 e. The lowest BCUT2D eigenvalue weighted by molar-refractivity contribution is 0.769. The topological polar surface area (TPSA) is 25.8 Å². The van der Waals surface area contributed by atoms with Gasteiger partial charge in [0, 0.05) is 16.7 Å². The van der Waals surface area contributed by atoms with E-state index in [4.69, 9.17) is 9.97 Å². The fraction of sp³-hybridized carbons (Fsp3) is 0.0169. The average Bonchev–Trinajstić information content (AvgIpc) is 3.65. The second-order valence-corrected chi connectivity index (χ2v) is 15.7. The zero-order valence-electron chi connectivity index (χ0n) is 33.5. The third kappa shape index (κ3) is 6.46. The van der Waals surface area contributed by atoms with Crippen LogP contribution in [0.15, 0.2) is 243 Å². The molecule has 0 amide bonds. The number of fused-ring (bicyclic) bond motifs is 3. The largest absolute Gasteiger partial charge is 0.228 e. The van der Waals surface area contributed by atoms with Crippen LogP contribution in [0, 0.1) is 0 Å². The Balaban J connectivity index is 1.02. The van der Waals surface area contributed by atoms with Crippen molar-refractivity contribution >= 4 is 0 Å². The molecule has 0 N–H and O–H groups in total. The highest BCUT2D eigenvalue weighted by Gasteiger charge is 2.46. The summed E-state index contributed by atoms with van der Waals surface area (Å²) in [4.78, 5) is 10.5. The molecule has 0 radical (unpaired) electrons. The molecule has 286 valence electrons. The summed E-state index contributed by atoms with van der Waals surface area (Å²) in [5.74, 6) is 0.691. The van der Waals surface area contributed by atoms with E-state index in [0.29, 0.717) is 5.82 Å². The summed E-state index contributed by atoms with van der Waals surface area (Å²) in [5.41, 5.74) is 19.0. The van der Waals surface area contributed by atoms with Gasteiger partial charge in [-0.25, -0.2) is 9.97 Å². The maximum atomic E-state index is 5.26. The lowest BCUT2D eigenvalue weighted by Crippen LogP contribution is -2.28. The highest BCUT2D eigenvalue weighted by Crippen LogP contribution is 2.56. The van der Waals surface area contributed by atoms with Crippen molar-refractivity contribution < 1.29 is 0 Å². The van der Waals surface area contributed by atoms with Crippen molar-refractivity contribution in [2.24, 2.45) is 0 Å². The number of hydrogen-bond acceptors (Lipinski definition) is 2. The van der Waals surface area contributed by atoms with Gasteiger partial charge in [-0.3, -0.25) is 0 Å². The molecule has 2 nitrogen and oxygen atoms in total. The van der Waals surface area contributed by atoms with E-state index in [9.17, 15) is 0 Å². The van der Waals surface area contributed by atoms with E-state index in [0.717, 1.165) is 50.3 Å². The van der Waals surface area contributed by atoms with Crippen LogP contribution in [0.3, 0.4) is 0 Å². The average molecular weight is 777 g/mol. The van der Waals surface area contributed by atoms with E-state index in [1.807, 2.05) is 6.07 Å². The Labute approximate surface area is 357 Å². The molecule has 61 heavy (non-hydrogen) atoms. The first-order valence-electron chi connectivity index (χ1n) is 20.9. The van der Waals surface area contributed by atoms with E-state index >= 15 is 0 Å². The lowest BCUT2D eigenvalue weighted by Gasteiger charge is -2.34. The Morgan fingerprint density at radius 2 is 0.656 bits per heavy atom. The number of hydrogen-bond donors (Lipinski definition) is 0. The predicted octanol–water partition coefficient (Wildman–Crippen LogP) is 14.8. The molecule has 0 fully saturated rings. The Kier molecular flexibility index (Phi) is 9.09. The van der Waals surface area contributed by atoms with Crippen molar-refractivity contribution in [3.8, 4) is 78.4 Å². The second-order valence-electron chi connectivity index (χ2n) is 15.7. The Morgan fingerprint density at radius 3 is 1.28 bits per heavy atom. The summed E-state index contributed by atoms with van der Waals surface area (Å²) in [7, 11) is 0. The van der Waals surface area contributed by atoms with E-state index in [1.54, 1.807) is 0 Å². The van der Waals surface area contributed by atoms with Gasteiger partial charge in [-0.1, -0.05) is 218 Å². The molecule has 0 atom stereocenters. The number of nitrogens with zero attached hydrogens (tertiary/aromatic N) is 2. The Morgan fingerprint density at radius 1 is 0.246 bits per heavy atom. The quantitative estimate of drug-likeness (QED) is 0.154. The van der Waals surface area contributed by atoms with E-state index in [-0.39, 0.29) is 0 Å². The van der Waals surface area contributed by atoms with Crippen LogP contribution < -0.4 is 0 Å². The highest BCUT2D eigenvalue weighted by molar-refractivity contribution is 5.89. The standard InChI is InChI=1S/C59H40N2/c1-5-17-41(18-6-1)45-21-15-23-48(37-45)57-40-56(60-58(61-57)49-24-16-22-46(38-49)42-19-7-2-8-20-42)44-33-31-43(32-34-44)47-35-36-53-52-29-13-14-30-54(52)59(55(53)39-47,50-25-9-3-10-26-50)51-27-11-4-12-28-51/h1-40H. The molecule has 0 unspecified atom stereocenters. The number of rotatable bonds is 8. The minimum atomic E-state index is -0.451. The molecule has 10 aromatic rings. The zero-order chi connectivity index (χ0) is 40.6. The van der Waals surface area contributed by atoms with Crippen molar-refractivity contribution in [3.05, 3.63) is 265 Å². The minimum Gasteiger partial charge on any atom is -0.228 e. The van der Waals surface area contributed by atoms with Crippen LogP contribution in [0.4, 0.5) is 0 Å². The van der Waals surface area contributed by atoms with Crippen molar-refractivity contribution in [1.29, 1.82) is 0 Å². The summed E-state index contributed by atoms with van der Waals surface area (Å²) in [6, 6.07) is 87.1. The second kappa shape index (κ2) is 15.3. The monoisotopic (exact) mass is 776 g/mol. The summed E-state index contributed by atoms with van der Waals surface area (Å²) in [6.07, 6.45) is 0. The third-order valence-corrected chi connectivity index (χ3v) is 12.2. The van der Waals surface area contributed by atoms with Crippen molar-refractivity contribution in [3.63, 3.8) is 0 Å². The van der Waals surface area contributed by atoms with Crippen molar-refractivity contribution in [2.45, 2.75) is 5.41 Å². The van der Waals surface area contributed by atoms with Gasteiger partial charge in [0.05, 0.1) is 16.8 Å². The molecule has 0 saturated heterocycles. The van der Waals surface area contributed by atoms with Gasteiger partial charge in [0.15, 0.2) is 5.82 Å². The van der Waals surface area contributed by atoms with Crippen LogP contribution in [-0.4, -0.2) is 9.97 Å². The summed E-state index contributed by atoms with van der Waals surface area (Å²) < 4.78 is 0. The summed E-state index contributed by atoms with van der Waals surface area (Å²) in [5, 5.41) is 0. The van der Waals surface area contributed by atoms with Gasteiger partial charge in [0.1, 0.15) is 0 Å². The molecule has 1 aliphatic rings. The van der Waals surface area contributed by atoms with Crippen molar-refractivity contribution in [1.82, 2.24) is 9.97 Å². The van der Waals surface area contributed by atoms with Gasteiger partial charge in [-0.15, -0.1) is 0 Å². The molecule has 0 saturated carbocycles. The predicted molar refractivity (Wildman–Crippen MR) is 252 cm³/mol. The normalized spacial score (nSPS) is 12.4. The maximum Gasteiger partial charge on any atom is 0.160 e. The SMILES string of the molecule is c1ccc(-c2cccc(-c3cc(-c4ccc(-c5ccc6c(c5)C(c5ccccc5)(c5ccccc5)c5ccccc5-6)cc4)nc(-c4cccc(-c5ccccc5)c4)n3)c2)cc1.